The molecule has 1 aliphatic carbocycles. The quantitative estimate of drug-likeness (QED) is 0.845. The van der Waals surface area contributed by atoms with Gasteiger partial charge in [-0.05, 0) is 31.4 Å². The van der Waals surface area contributed by atoms with Gasteiger partial charge in [0.2, 0.25) is 0 Å². The largest absolute Gasteiger partial charge is 0.495 e. The highest BCUT2D eigenvalue weighted by Gasteiger charge is 2.27. The van der Waals surface area contributed by atoms with E-state index in [1.807, 2.05) is 24.3 Å². The van der Waals surface area contributed by atoms with E-state index < -0.39 is 0 Å². The van der Waals surface area contributed by atoms with Gasteiger partial charge in [0.05, 0.1) is 24.8 Å². The highest BCUT2D eigenvalue weighted by Crippen LogP contribution is 2.31. The second-order valence-corrected chi connectivity index (χ2v) is 4.12. The maximum absolute atomic E-state index is 9.02. The average Bonchev–Trinajstić information content (AvgIpc) is 2.77. The first-order valence-corrected chi connectivity index (χ1v) is 5.64. The Labute approximate surface area is 96.0 Å². The van der Waals surface area contributed by atoms with Crippen molar-refractivity contribution >= 4 is 5.69 Å². The highest BCUT2D eigenvalue weighted by atomic mass is 16.5. The zero-order chi connectivity index (χ0) is 11.4. The SMILES string of the molecule is COc1ccccc1NC1CCCC1C#N. The van der Waals surface area contributed by atoms with E-state index in [0.29, 0.717) is 0 Å². The molecule has 2 unspecified atom stereocenters. The molecule has 0 aliphatic heterocycles. The van der Waals surface area contributed by atoms with E-state index in [1.165, 1.54) is 0 Å². The van der Waals surface area contributed by atoms with Crippen LogP contribution < -0.4 is 10.1 Å². The second-order valence-electron chi connectivity index (χ2n) is 4.12. The van der Waals surface area contributed by atoms with Crippen molar-refractivity contribution in [2.75, 3.05) is 12.4 Å². The minimum absolute atomic E-state index is 0.130. The molecule has 3 heteroatoms. The third kappa shape index (κ3) is 2.11. The molecule has 84 valence electrons. The molecule has 1 N–H and O–H groups in total. The van der Waals surface area contributed by atoms with E-state index in [2.05, 4.69) is 11.4 Å². The van der Waals surface area contributed by atoms with Crippen molar-refractivity contribution in [3.63, 3.8) is 0 Å². The smallest absolute Gasteiger partial charge is 0.141 e. The predicted molar refractivity (Wildman–Crippen MR) is 63.4 cm³/mol. The molecular formula is C13H16N2O. The summed E-state index contributed by atoms with van der Waals surface area (Å²) in [5.74, 6) is 0.969. The molecule has 1 aromatic rings. The third-order valence-electron chi connectivity index (χ3n) is 3.13. The van der Waals surface area contributed by atoms with Crippen LogP contribution in [0, 0.1) is 17.2 Å². The summed E-state index contributed by atoms with van der Waals surface area (Å²) in [6.07, 6.45) is 3.20. The van der Waals surface area contributed by atoms with Gasteiger partial charge in [0.25, 0.3) is 0 Å². The van der Waals surface area contributed by atoms with E-state index in [0.717, 1.165) is 30.7 Å². The Balaban J connectivity index is 2.11. The fourth-order valence-electron chi connectivity index (χ4n) is 2.25. The minimum Gasteiger partial charge on any atom is -0.495 e. The van der Waals surface area contributed by atoms with E-state index in [9.17, 15) is 0 Å². The standard InChI is InChI=1S/C13H16N2O/c1-16-13-8-3-2-6-12(13)15-11-7-4-5-10(11)9-14/h2-3,6,8,10-11,15H,4-5,7H2,1H3. The molecule has 1 aromatic carbocycles. The van der Waals surface area contributed by atoms with Crippen molar-refractivity contribution in [3.8, 4) is 11.8 Å². The van der Waals surface area contributed by atoms with Gasteiger partial charge in [-0.1, -0.05) is 12.1 Å². The van der Waals surface area contributed by atoms with Gasteiger partial charge in [0.1, 0.15) is 5.75 Å². The summed E-state index contributed by atoms with van der Waals surface area (Å²) < 4.78 is 5.28. The molecule has 0 aromatic heterocycles. The topological polar surface area (TPSA) is 45.0 Å². The number of nitriles is 1. The first-order valence-electron chi connectivity index (χ1n) is 5.64. The number of methoxy groups -OCH3 is 1. The number of para-hydroxylation sites is 2. The molecule has 0 radical (unpaired) electrons. The number of hydrogen-bond donors (Lipinski definition) is 1. The van der Waals surface area contributed by atoms with Crippen LogP contribution in [0.4, 0.5) is 5.69 Å². The van der Waals surface area contributed by atoms with Gasteiger partial charge in [-0.3, -0.25) is 0 Å². The zero-order valence-electron chi connectivity index (χ0n) is 9.44. The number of nitrogens with one attached hydrogen (secondary N) is 1. The molecule has 16 heavy (non-hydrogen) atoms. The van der Waals surface area contributed by atoms with Gasteiger partial charge < -0.3 is 10.1 Å². The van der Waals surface area contributed by atoms with Crippen molar-refractivity contribution < 1.29 is 4.74 Å². The molecule has 0 saturated heterocycles. The number of nitrogens with zero attached hydrogens (tertiary/aromatic N) is 1. The van der Waals surface area contributed by atoms with Crippen LogP contribution in [0.3, 0.4) is 0 Å². The Morgan fingerprint density at radius 2 is 2.19 bits per heavy atom. The van der Waals surface area contributed by atoms with Crippen LogP contribution in [-0.2, 0) is 0 Å². The van der Waals surface area contributed by atoms with Crippen LogP contribution in [0.1, 0.15) is 19.3 Å². The molecule has 1 saturated carbocycles. The minimum atomic E-state index is 0.130. The molecule has 1 fully saturated rings. The molecule has 0 amide bonds. The fraction of sp³-hybridized carbons (Fsp3) is 0.462. The van der Waals surface area contributed by atoms with Gasteiger partial charge in [0.15, 0.2) is 0 Å². The Morgan fingerprint density at radius 3 is 2.94 bits per heavy atom. The van der Waals surface area contributed by atoms with Crippen molar-refractivity contribution in [1.82, 2.24) is 0 Å². The lowest BCUT2D eigenvalue weighted by atomic mass is 10.1. The van der Waals surface area contributed by atoms with Crippen molar-refractivity contribution in [2.45, 2.75) is 25.3 Å². The lowest BCUT2D eigenvalue weighted by molar-refractivity contribution is 0.415. The summed E-state index contributed by atoms with van der Waals surface area (Å²) in [5.41, 5.74) is 0.983. The summed E-state index contributed by atoms with van der Waals surface area (Å²) in [6, 6.07) is 10.5. The van der Waals surface area contributed by atoms with Gasteiger partial charge in [-0.2, -0.15) is 5.26 Å². The Hall–Kier alpha value is -1.69. The first-order chi connectivity index (χ1) is 7.85. The molecule has 2 rings (SSSR count). The van der Waals surface area contributed by atoms with Crippen LogP contribution in [0.5, 0.6) is 5.75 Å². The fourth-order valence-corrected chi connectivity index (χ4v) is 2.25. The lowest BCUT2D eigenvalue weighted by Gasteiger charge is -2.18. The molecule has 1 aliphatic rings. The summed E-state index contributed by atoms with van der Waals surface area (Å²) in [5, 5.41) is 12.4. The second kappa shape index (κ2) is 4.89. The Kier molecular flexibility index (Phi) is 3.31. The number of rotatable bonds is 3. The molecule has 0 bridgehead atoms. The van der Waals surface area contributed by atoms with Crippen LogP contribution in [0.25, 0.3) is 0 Å². The van der Waals surface area contributed by atoms with E-state index in [4.69, 9.17) is 10.00 Å². The van der Waals surface area contributed by atoms with Gasteiger partial charge in [-0.25, -0.2) is 0 Å². The molecule has 0 spiro atoms. The van der Waals surface area contributed by atoms with E-state index in [1.54, 1.807) is 7.11 Å². The van der Waals surface area contributed by atoms with Crippen molar-refractivity contribution in [3.05, 3.63) is 24.3 Å². The number of benzene rings is 1. The Morgan fingerprint density at radius 1 is 1.38 bits per heavy atom. The lowest BCUT2D eigenvalue weighted by Crippen LogP contribution is -2.23. The molecule has 3 nitrogen and oxygen atoms in total. The summed E-state index contributed by atoms with van der Waals surface area (Å²) in [7, 11) is 1.66. The number of ether oxygens (including phenoxy) is 1. The third-order valence-corrected chi connectivity index (χ3v) is 3.13. The predicted octanol–water partition coefficient (Wildman–Crippen LogP) is 2.80. The highest BCUT2D eigenvalue weighted by molar-refractivity contribution is 5.57. The normalized spacial score (nSPS) is 23.8. The first kappa shape index (κ1) is 10.8. The van der Waals surface area contributed by atoms with Crippen LogP contribution in [-0.4, -0.2) is 13.2 Å². The van der Waals surface area contributed by atoms with Gasteiger partial charge >= 0.3 is 0 Å². The van der Waals surface area contributed by atoms with Crippen molar-refractivity contribution in [1.29, 1.82) is 5.26 Å². The maximum atomic E-state index is 9.02. The summed E-state index contributed by atoms with van der Waals surface area (Å²) in [6.45, 7) is 0. The summed E-state index contributed by atoms with van der Waals surface area (Å²) in [4.78, 5) is 0. The molecule has 0 heterocycles. The Bertz CT molecular complexity index is 397. The van der Waals surface area contributed by atoms with Crippen molar-refractivity contribution in [2.24, 2.45) is 5.92 Å². The van der Waals surface area contributed by atoms with Gasteiger partial charge in [0, 0.05) is 6.04 Å². The van der Waals surface area contributed by atoms with E-state index in [-0.39, 0.29) is 12.0 Å². The zero-order valence-corrected chi connectivity index (χ0v) is 9.44. The van der Waals surface area contributed by atoms with Gasteiger partial charge in [-0.15, -0.1) is 0 Å². The molecular weight excluding hydrogens is 200 g/mol. The number of hydrogen-bond acceptors (Lipinski definition) is 3. The van der Waals surface area contributed by atoms with Crippen LogP contribution >= 0.6 is 0 Å². The number of anilines is 1. The summed E-state index contributed by atoms with van der Waals surface area (Å²) >= 11 is 0. The van der Waals surface area contributed by atoms with Crippen LogP contribution in [0.2, 0.25) is 0 Å². The monoisotopic (exact) mass is 216 g/mol. The van der Waals surface area contributed by atoms with E-state index >= 15 is 0 Å². The average molecular weight is 216 g/mol. The molecule has 2 atom stereocenters. The van der Waals surface area contributed by atoms with Crippen LogP contribution in [0.15, 0.2) is 24.3 Å². The maximum Gasteiger partial charge on any atom is 0.141 e.